The molecule has 0 saturated carbocycles. The average Bonchev–Trinajstić information content (AvgIpc) is 2.46. The molecule has 0 spiro atoms. The van der Waals surface area contributed by atoms with Crippen molar-refractivity contribution in [3.63, 3.8) is 0 Å². The molecule has 0 aliphatic rings. The zero-order valence-electron chi connectivity index (χ0n) is 11.5. The number of aryl methyl sites for hydroxylation is 1. The highest BCUT2D eigenvalue weighted by atomic mass is 19.1. The molecule has 4 heteroatoms. The van der Waals surface area contributed by atoms with E-state index in [1.807, 2.05) is 26.1 Å². The van der Waals surface area contributed by atoms with Crippen molar-refractivity contribution < 1.29 is 9.18 Å². The molecule has 2 N–H and O–H groups in total. The Morgan fingerprint density at radius 3 is 2.45 bits per heavy atom. The van der Waals surface area contributed by atoms with Crippen LogP contribution in [-0.2, 0) is 6.54 Å². The van der Waals surface area contributed by atoms with Crippen LogP contribution in [0.2, 0.25) is 0 Å². The highest BCUT2D eigenvalue weighted by molar-refractivity contribution is 5.96. The lowest BCUT2D eigenvalue weighted by Crippen LogP contribution is -2.23. The van der Waals surface area contributed by atoms with Crippen LogP contribution in [0.4, 0.5) is 10.1 Å². The maximum absolute atomic E-state index is 12.8. The van der Waals surface area contributed by atoms with Crippen LogP contribution in [0.1, 0.15) is 21.5 Å². The smallest absolute Gasteiger partial charge is 0.251 e. The Labute approximate surface area is 117 Å². The largest absolute Gasteiger partial charge is 0.388 e. The Hall–Kier alpha value is -2.36. The Morgan fingerprint density at radius 1 is 1.15 bits per heavy atom. The van der Waals surface area contributed by atoms with Crippen LogP contribution in [0.5, 0.6) is 0 Å². The quantitative estimate of drug-likeness (QED) is 0.898. The maximum atomic E-state index is 12.8. The summed E-state index contributed by atoms with van der Waals surface area (Å²) in [5.41, 5.74) is 3.39. The number of amides is 1. The molecule has 0 aliphatic carbocycles. The van der Waals surface area contributed by atoms with Gasteiger partial charge in [-0.2, -0.15) is 0 Å². The van der Waals surface area contributed by atoms with Crippen LogP contribution in [0, 0.1) is 12.7 Å². The molecule has 0 heterocycles. The summed E-state index contributed by atoms with van der Waals surface area (Å²) in [4.78, 5) is 12.1. The first kappa shape index (κ1) is 14.1. The molecule has 0 saturated heterocycles. The fourth-order valence-electron chi connectivity index (χ4n) is 1.95. The summed E-state index contributed by atoms with van der Waals surface area (Å²) in [5.74, 6) is -0.409. The van der Waals surface area contributed by atoms with Crippen LogP contribution in [0.3, 0.4) is 0 Å². The van der Waals surface area contributed by atoms with Crippen molar-refractivity contribution in [3.8, 4) is 0 Å². The molecular formula is C16H17FN2O. The Bertz CT molecular complexity index is 608. The Morgan fingerprint density at radius 2 is 1.85 bits per heavy atom. The summed E-state index contributed by atoms with van der Waals surface area (Å²) in [5, 5.41) is 5.86. The van der Waals surface area contributed by atoms with Crippen molar-refractivity contribution in [2.45, 2.75) is 13.5 Å². The van der Waals surface area contributed by atoms with Gasteiger partial charge in [0.05, 0.1) is 0 Å². The summed E-state index contributed by atoms with van der Waals surface area (Å²) in [6.45, 7) is 2.28. The highest BCUT2D eigenvalue weighted by Gasteiger charge is 2.08. The summed E-state index contributed by atoms with van der Waals surface area (Å²) in [6, 6.07) is 11.7. The second kappa shape index (κ2) is 6.19. The molecule has 1 amide bonds. The van der Waals surface area contributed by atoms with E-state index in [4.69, 9.17) is 0 Å². The fourth-order valence-corrected chi connectivity index (χ4v) is 1.95. The van der Waals surface area contributed by atoms with Crippen molar-refractivity contribution in [1.82, 2.24) is 5.32 Å². The second-order valence-electron chi connectivity index (χ2n) is 4.59. The number of benzene rings is 2. The van der Waals surface area contributed by atoms with Gasteiger partial charge in [-0.3, -0.25) is 4.79 Å². The van der Waals surface area contributed by atoms with Crippen molar-refractivity contribution >= 4 is 11.6 Å². The molecule has 0 atom stereocenters. The van der Waals surface area contributed by atoms with E-state index >= 15 is 0 Å². The first-order valence-corrected chi connectivity index (χ1v) is 6.41. The Balaban J connectivity index is 2.03. The minimum atomic E-state index is -0.279. The van der Waals surface area contributed by atoms with Crippen molar-refractivity contribution in [1.29, 1.82) is 0 Å². The predicted molar refractivity (Wildman–Crippen MR) is 78.3 cm³/mol. The molecular weight excluding hydrogens is 255 g/mol. The van der Waals surface area contributed by atoms with Crippen LogP contribution >= 0.6 is 0 Å². The predicted octanol–water partition coefficient (Wildman–Crippen LogP) is 3.11. The van der Waals surface area contributed by atoms with E-state index in [1.165, 1.54) is 12.1 Å². The summed E-state index contributed by atoms with van der Waals surface area (Å²) in [6.07, 6.45) is 0. The number of carbonyl (C=O) groups is 1. The number of anilines is 1. The van der Waals surface area contributed by atoms with Gasteiger partial charge in [0, 0.05) is 24.8 Å². The van der Waals surface area contributed by atoms with Gasteiger partial charge in [-0.25, -0.2) is 4.39 Å². The van der Waals surface area contributed by atoms with E-state index < -0.39 is 0 Å². The summed E-state index contributed by atoms with van der Waals surface area (Å²) >= 11 is 0. The zero-order valence-corrected chi connectivity index (χ0v) is 11.5. The minimum absolute atomic E-state index is 0.130. The van der Waals surface area contributed by atoms with Crippen LogP contribution in [0.25, 0.3) is 0 Å². The van der Waals surface area contributed by atoms with Crippen molar-refractivity contribution in [2.24, 2.45) is 0 Å². The lowest BCUT2D eigenvalue weighted by atomic mass is 10.1. The highest BCUT2D eigenvalue weighted by Crippen LogP contribution is 2.14. The van der Waals surface area contributed by atoms with Gasteiger partial charge >= 0.3 is 0 Å². The molecule has 0 fully saturated rings. The second-order valence-corrected chi connectivity index (χ2v) is 4.59. The van der Waals surface area contributed by atoms with E-state index in [1.54, 1.807) is 18.2 Å². The third-order valence-electron chi connectivity index (χ3n) is 3.13. The molecule has 0 bridgehead atoms. The Kier molecular flexibility index (Phi) is 4.35. The number of nitrogens with one attached hydrogen (secondary N) is 2. The van der Waals surface area contributed by atoms with Gasteiger partial charge < -0.3 is 10.6 Å². The topological polar surface area (TPSA) is 41.1 Å². The molecule has 0 radical (unpaired) electrons. The van der Waals surface area contributed by atoms with Crippen molar-refractivity contribution in [2.75, 3.05) is 12.4 Å². The number of halogens is 1. The van der Waals surface area contributed by atoms with Gasteiger partial charge in [0.1, 0.15) is 5.82 Å². The molecule has 0 unspecified atom stereocenters. The summed E-state index contributed by atoms with van der Waals surface area (Å²) < 4.78 is 12.8. The van der Waals surface area contributed by atoms with Gasteiger partial charge in [0.2, 0.25) is 0 Å². The van der Waals surface area contributed by atoms with Gasteiger partial charge in [-0.1, -0.05) is 12.1 Å². The number of carbonyl (C=O) groups excluding carboxylic acids is 1. The summed E-state index contributed by atoms with van der Waals surface area (Å²) in [7, 11) is 1.84. The van der Waals surface area contributed by atoms with Gasteiger partial charge in [0.25, 0.3) is 5.91 Å². The monoisotopic (exact) mass is 272 g/mol. The molecule has 0 aliphatic heterocycles. The first-order valence-electron chi connectivity index (χ1n) is 6.41. The van der Waals surface area contributed by atoms with Gasteiger partial charge in [0.15, 0.2) is 0 Å². The molecule has 2 aromatic carbocycles. The SMILES string of the molecule is CNc1ccc(C(=O)NCc2ccc(F)cc2)c(C)c1. The molecule has 0 aromatic heterocycles. The number of rotatable bonds is 4. The van der Waals surface area contributed by atoms with E-state index in [0.717, 1.165) is 16.8 Å². The number of hydrogen-bond acceptors (Lipinski definition) is 2. The third-order valence-corrected chi connectivity index (χ3v) is 3.13. The molecule has 3 nitrogen and oxygen atoms in total. The lowest BCUT2D eigenvalue weighted by molar-refractivity contribution is 0.0950. The molecule has 104 valence electrons. The third kappa shape index (κ3) is 3.35. The van der Waals surface area contributed by atoms with Gasteiger partial charge in [-0.05, 0) is 48.4 Å². The molecule has 20 heavy (non-hydrogen) atoms. The van der Waals surface area contributed by atoms with Crippen LogP contribution in [-0.4, -0.2) is 13.0 Å². The number of hydrogen-bond donors (Lipinski definition) is 2. The van der Waals surface area contributed by atoms with Crippen LogP contribution in [0.15, 0.2) is 42.5 Å². The first-order chi connectivity index (χ1) is 9.60. The van der Waals surface area contributed by atoms with E-state index in [9.17, 15) is 9.18 Å². The normalized spacial score (nSPS) is 10.2. The molecule has 2 rings (SSSR count). The maximum Gasteiger partial charge on any atom is 0.251 e. The fraction of sp³-hybridized carbons (Fsp3) is 0.188. The van der Waals surface area contributed by atoms with E-state index in [2.05, 4.69) is 10.6 Å². The average molecular weight is 272 g/mol. The minimum Gasteiger partial charge on any atom is -0.388 e. The van der Waals surface area contributed by atoms with Crippen molar-refractivity contribution in [3.05, 3.63) is 65.0 Å². The zero-order chi connectivity index (χ0) is 14.5. The standard InChI is InChI=1S/C16H17FN2O/c1-11-9-14(18-2)7-8-15(11)16(20)19-10-12-3-5-13(17)6-4-12/h3-9,18H,10H2,1-2H3,(H,19,20). The van der Waals surface area contributed by atoms with Crippen LogP contribution < -0.4 is 10.6 Å². The molecule has 2 aromatic rings. The lowest BCUT2D eigenvalue weighted by Gasteiger charge is -2.09. The van der Waals surface area contributed by atoms with E-state index in [-0.39, 0.29) is 11.7 Å². The van der Waals surface area contributed by atoms with Gasteiger partial charge in [-0.15, -0.1) is 0 Å². The van der Waals surface area contributed by atoms with E-state index in [0.29, 0.717) is 12.1 Å².